The van der Waals surface area contributed by atoms with Gasteiger partial charge in [-0.2, -0.15) is 0 Å². The lowest BCUT2D eigenvalue weighted by Crippen LogP contribution is -2.06. The molecule has 5 heteroatoms. The third kappa shape index (κ3) is 2.28. The van der Waals surface area contributed by atoms with Gasteiger partial charge < -0.3 is 10.7 Å². The van der Waals surface area contributed by atoms with Crippen molar-refractivity contribution in [1.82, 2.24) is 4.98 Å². The predicted molar refractivity (Wildman–Crippen MR) is 80.0 cm³/mol. The standard InChI is InChI=1S/C15H14N2O2S/c16-12-8-14-13(6-7-17-14)15(9-12)20(18,19)10-11-4-2-1-3-5-11/h1-9,17H,10,16H2. The summed E-state index contributed by atoms with van der Waals surface area (Å²) in [7, 11) is -3.43. The summed E-state index contributed by atoms with van der Waals surface area (Å²) >= 11 is 0. The van der Waals surface area contributed by atoms with Crippen LogP contribution in [-0.4, -0.2) is 13.4 Å². The van der Waals surface area contributed by atoms with Crippen molar-refractivity contribution in [3.63, 3.8) is 0 Å². The number of aromatic amines is 1. The molecule has 0 unspecified atom stereocenters. The molecule has 0 atom stereocenters. The second-order valence-electron chi connectivity index (χ2n) is 4.70. The third-order valence-corrected chi connectivity index (χ3v) is 4.91. The Bertz CT molecular complexity index is 852. The molecule has 1 aromatic heterocycles. The summed E-state index contributed by atoms with van der Waals surface area (Å²) in [5, 5.41) is 0.676. The van der Waals surface area contributed by atoms with Crippen LogP contribution in [0.25, 0.3) is 10.9 Å². The maximum absolute atomic E-state index is 12.6. The predicted octanol–water partition coefficient (Wildman–Crippen LogP) is 2.72. The van der Waals surface area contributed by atoms with Crippen LogP contribution in [0.3, 0.4) is 0 Å². The van der Waals surface area contributed by atoms with Crippen molar-refractivity contribution in [3.8, 4) is 0 Å². The average Bonchev–Trinajstić information content (AvgIpc) is 2.86. The first-order valence-corrected chi connectivity index (χ1v) is 7.85. The van der Waals surface area contributed by atoms with Gasteiger partial charge in [0.1, 0.15) is 0 Å². The minimum atomic E-state index is -3.43. The zero-order chi connectivity index (χ0) is 14.2. The molecule has 0 radical (unpaired) electrons. The summed E-state index contributed by atoms with van der Waals surface area (Å²) < 4.78 is 25.2. The molecule has 3 N–H and O–H groups in total. The maximum atomic E-state index is 12.6. The molecule has 102 valence electrons. The first-order valence-electron chi connectivity index (χ1n) is 6.19. The minimum Gasteiger partial charge on any atom is -0.399 e. The summed E-state index contributed by atoms with van der Waals surface area (Å²) in [4.78, 5) is 3.27. The number of nitrogen functional groups attached to an aromatic ring is 1. The third-order valence-electron chi connectivity index (χ3n) is 3.19. The van der Waals surface area contributed by atoms with E-state index in [1.807, 2.05) is 18.2 Å². The van der Waals surface area contributed by atoms with E-state index in [0.29, 0.717) is 11.1 Å². The highest BCUT2D eigenvalue weighted by Gasteiger charge is 2.19. The van der Waals surface area contributed by atoms with Gasteiger partial charge in [-0.05, 0) is 23.8 Å². The second-order valence-corrected chi connectivity index (χ2v) is 6.66. The second kappa shape index (κ2) is 4.68. The Balaban J connectivity index is 2.12. The molecule has 3 aromatic rings. The zero-order valence-electron chi connectivity index (χ0n) is 10.7. The van der Waals surface area contributed by atoms with Crippen molar-refractivity contribution in [3.05, 3.63) is 60.3 Å². The molecular weight excluding hydrogens is 272 g/mol. The number of rotatable bonds is 3. The Hall–Kier alpha value is -2.27. The quantitative estimate of drug-likeness (QED) is 0.727. The molecule has 0 saturated carbocycles. The van der Waals surface area contributed by atoms with E-state index in [1.165, 1.54) is 6.07 Å². The van der Waals surface area contributed by atoms with E-state index in [-0.39, 0.29) is 10.6 Å². The number of H-pyrrole nitrogens is 1. The Morgan fingerprint density at radius 3 is 2.55 bits per heavy atom. The van der Waals surface area contributed by atoms with E-state index in [2.05, 4.69) is 4.98 Å². The van der Waals surface area contributed by atoms with Gasteiger partial charge in [-0.1, -0.05) is 30.3 Å². The molecule has 0 saturated heterocycles. The molecule has 0 aliphatic heterocycles. The molecule has 3 rings (SSSR count). The number of anilines is 1. The first kappa shape index (κ1) is 12.7. The van der Waals surface area contributed by atoms with E-state index in [1.54, 1.807) is 30.5 Å². The molecule has 0 amide bonds. The van der Waals surface area contributed by atoms with Crippen molar-refractivity contribution in [2.75, 3.05) is 5.73 Å². The number of hydrogen-bond acceptors (Lipinski definition) is 3. The van der Waals surface area contributed by atoms with Gasteiger partial charge in [0.15, 0.2) is 9.84 Å². The van der Waals surface area contributed by atoms with Crippen molar-refractivity contribution in [1.29, 1.82) is 0 Å². The number of benzene rings is 2. The Labute approximate surface area is 117 Å². The topological polar surface area (TPSA) is 76.0 Å². The molecular formula is C15H14N2O2S. The van der Waals surface area contributed by atoms with Crippen molar-refractivity contribution < 1.29 is 8.42 Å². The number of nitrogens with one attached hydrogen (secondary N) is 1. The fourth-order valence-corrected chi connectivity index (χ4v) is 3.90. The van der Waals surface area contributed by atoms with Crippen LogP contribution in [0.4, 0.5) is 5.69 Å². The summed E-state index contributed by atoms with van der Waals surface area (Å²) in [6.45, 7) is 0. The van der Waals surface area contributed by atoms with Crippen molar-refractivity contribution >= 4 is 26.4 Å². The molecule has 2 aromatic carbocycles. The summed E-state index contributed by atoms with van der Waals surface area (Å²) in [6.07, 6.45) is 1.71. The van der Waals surface area contributed by atoms with Gasteiger partial charge in [-0.3, -0.25) is 0 Å². The Morgan fingerprint density at radius 1 is 1.05 bits per heavy atom. The molecule has 20 heavy (non-hydrogen) atoms. The highest BCUT2D eigenvalue weighted by Crippen LogP contribution is 2.28. The monoisotopic (exact) mass is 286 g/mol. The minimum absolute atomic E-state index is 0.0302. The fourth-order valence-electron chi connectivity index (χ4n) is 2.28. The molecule has 0 aliphatic carbocycles. The fraction of sp³-hybridized carbons (Fsp3) is 0.0667. The molecule has 0 fully saturated rings. The summed E-state index contributed by atoms with van der Waals surface area (Å²) in [5.41, 5.74) is 7.72. The van der Waals surface area contributed by atoms with E-state index in [4.69, 9.17) is 5.73 Å². The van der Waals surface area contributed by atoms with Crippen LogP contribution in [0.5, 0.6) is 0 Å². The van der Waals surface area contributed by atoms with Crippen LogP contribution in [0, 0.1) is 0 Å². The Morgan fingerprint density at radius 2 is 1.80 bits per heavy atom. The molecule has 4 nitrogen and oxygen atoms in total. The molecule has 0 bridgehead atoms. The molecule has 0 spiro atoms. The van der Waals surface area contributed by atoms with Crippen LogP contribution >= 0.6 is 0 Å². The number of nitrogens with two attached hydrogens (primary N) is 1. The van der Waals surface area contributed by atoms with Crippen LogP contribution < -0.4 is 5.73 Å². The van der Waals surface area contributed by atoms with Crippen LogP contribution in [0.2, 0.25) is 0 Å². The van der Waals surface area contributed by atoms with Crippen molar-refractivity contribution in [2.24, 2.45) is 0 Å². The lowest BCUT2D eigenvalue weighted by Gasteiger charge is -2.07. The summed E-state index contributed by atoms with van der Waals surface area (Å²) in [5.74, 6) is -0.0302. The van der Waals surface area contributed by atoms with Crippen LogP contribution in [0.1, 0.15) is 5.56 Å². The van der Waals surface area contributed by atoms with Crippen LogP contribution in [-0.2, 0) is 15.6 Å². The zero-order valence-corrected chi connectivity index (χ0v) is 11.5. The van der Waals surface area contributed by atoms with Gasteiger partial charge in [0, 0.05) is 22.8 Å². The first-order chi connectivity index (χ1) is 9.56. The van der Waals surface area contributed by atoms with E-state index in [0.717, 1.165) is 11.1 Å². The maximum Gasteiger partial charge on any atom is 0.183 e. The van der Waals surface area contributed by atoms with Gasteiger partial charge in [0.25, 0.3) is 0 Å². The molecule has 0 aliphatic rings. The van der Waals surface area contributed by atoms with E-state index < -0.39 is 9.84 Å². The number of aromatic nitrogens is 1. The SMILES string of the molecule is Nc1cc(S(=O)(=O)Cc2ccccc2)c2cc[nH]c2c1. The highest BCUT2D eigenvalue weighted by atomic mass is 32.2. The van der Waals surface area contributed by atoms with E-state index in [9.17, 15) is 8.42 Å². The van der Waals surface area contributed by atoms with Crippen molar-refractivity contribution in [2.45, 2.75) is 10.6 Å². The lowest BCUT2D eigenvalue weighted by atomic mass is 10.2. The summed E-state index contributed by atoms with van der Waals surface area (Å²) in [6, 6.07) is 14.1. The van der Waals surface area contributed by atoms with Crippen LogP contribution in [0.15, 0.2) is 59.6 Å². The van der Waals surface area contributed by atoms with Gasteiger partial charge in [0.05, 0.1) is 10.6 Å². The van der Waals surface area contributed by atoms with Gasteiger partial charge in [0.2, 0.25) is 0 Å². The number of hydrogen-bond donors (Lipinski definition) is 2. The lowest BCUT2D eigenvalue weighted by molar-refractivity contribution is 0.596. The average molecular weight is 286 g/mol. The van der Waals surface area contributed by atoms with Gasteiger partial charge in [-0.25, -0.2) is 8.42 Å². The van der Waals surface area contributed by atoms with Gasteiger partial charge in [-0.15, -0.1) is 0 Å². The van der Waals surface area contributed by atoms with E-state index >= 15 is 0 Å². The smallest absolute Gasteiger partial charge is 0.183 e. The van der Waals surface area contributed by atoms with Gasteiger partial charge >= 0.3 is 0 Å². The highest BCUT2D eigenvalue weighted by molar-refractivity contribution is 7.90. The largest absolute Gasteiger partial charge is 0.399 e. The molecule has 1 heterocycles. The number of fused-ring (bicyclic) bond motifs is 1. The number of sulfone groups is 1. The normalized spacial score (nSPS) is 11.8. The Kier molecular flexibility index (Phi) is 2.99.